The fourth-order valence-corrected chi connectivity index (χ4v) is 3.73. The van der Waals surface area contributed by atoms with E-state index in [1.54, 1.807) is 0 Å². The van der Waals surface area contributed by atoms with Gasteiger partial charge in [0.15, 0.2) is 0 Å². The van der Waals surface area contributed by atoms with Gasteiger partial charge in [-0.1, -0.05) is 37.6 Å². The van der Waals surface area contributed by atoms with Crippen molar-refractivity contribution in [3.8, 4) is 0 Å². The first-order valence-corrected chi connectivity index (χ1v) is 7.44. The van der Waals surface area contributed by atoms with Gasteiger partial charge in [0, 0.05) is 15.8 Å². The molecule has 0 radical (unpaired) electrons. The van der Waals surface area contributed by atoms with Crippen LogP contribution in [0.5, 0.6) is 0 Å². The highest BCUT2D eigenvalue weighted by molar-refractivity contribution is 6.30. The first-order valence-electron chi connectivity index (χ1n) is 6.62. The summed E-state index contributed by atoms with van der Waals surface area (Å²) in [4.78, 5) is 0. The van der Waals surface area contributed by atoms with Gasteiger partial charge < -0.3 is 4.74 Å². The number of alkyl halides is 1. The summed E-state index contributed by atoms with van der Waals surface area (Å²) in [5, 5.41) is 1.02. The van der Waals surface area contributed by atoms with Crippen LogP contribution in [0.3, 0.4) is 0 Å². The van der Waals surface area contributed by atoms with E-state index in [4.69, 9.17) is 27.9 Å². The topological polar surface area (TPSA) is 9.23 Å². The van der Waals surface area contributed by atoms with Crippen LogP contribution in [0.1, 0.15) is 38.7 Å². The molecule has 1 saturated carbocycles. The van der Waals surface area contributed by atoms with Crippen molar-refractivity contribution in [2.45, 2.75) is 51.2 Å². The van der Waals surface area contributed by atoms with E-state index in [1.807, 2.05) is 24.3 Å². The van der Waals surface area contributed by atoms with Crippen LogP contribution < -0.4 is 0 Å². The third-order valence-corrected chi connectivity index (χ3v) is 5.19. The molecule has 1 aromatic rings. The molecule has 18 heavy (non-hydrogen) atoms. The van der Waals surface area contributed by atoms with Crippen LogP contribution in [0.15, 0.2) is 24.3 Å². The predicted molar refractivity (Wildman–Crippen MR) is 77.3 cm³/mol. The smallest absolute Gasteiger partial charge is 0.0721 e. The average molecular weight is 287 g/mol. The molecule has 1 aromatic carbocycles. The molecule has 0 aromatic heterocycles. The van der Waals surface area contributed by atoms with Crippen molar-refractivity contribution in [3.05, 3.63) is 34.9 Å². The summed E-state index contributed by atoms with van der Waals surface area (Å²) < 4.78 is 6.04. The molecule has 1 nitrogen and oxygen atoms in total. The van der Waals surface area contributed by atoms with Gasteiger partial charge in [-0.25, -0.2) is 0 Å². The third kappa shape index (κ3) is 2.54. The van der Waals surface area contributed by atoms with Crippen LogP contribution in [0, 0.1) is 5.41 Å². The number of ether oxygens (including phenoxy) is 1. The molecular formula is C15H20Cl2O. The van der Waals surface area contributed by atoms with Crippen molar-refractivity contribution in [2.24, 2.45) is 5.41 Å². The lowest BCUT2D eigenvalue weighted by Crippen LogP contribution is -2.55. The van der Waals surface area contributed by atoms with Crippen molar-refractivity contribution in [1.82, 2.24) is 0 Å². The van der Waals surface area contributed by atoms with Gasteiger partial charge in [0.25, 0.3) is 0 Å². The Bertz CT molecular complexity index is 401. The lowest BCUT2D eigenvalue weighted by atomic mass is 9.62. The van der Waals surface area contributed by atoms with Gasteiger partial charge in [-0.15, -0.1) is 11.6 Å². The molecule has 1 fully saturated rings. The van der Waals surface area contributed by atoms with Gasteiger partial charge in [0.05, 0.1) is 12.7 Å². The minimum Gasteiger partial charge on any atom is -0.373 e. The zero-order valence-corrected chi connectivity index (χ0v) is 12.5. The fourth-order valence-electron chi connectivity index (χ4n) is 2.90. The number of halogens is 2. The van der Waals surface area contributed by atoms with E-state index in [2.05, 4.69) is 13.8 Å². The van der Waals surface area contributed by atoms with Gasteiger partial charge >= 0.3 is 0 Å². The summed E-state index contributed by atoms with van der Waals surface area (Å²) in [7, 11) is 0. The lowest BCUT2D eigenvalue weighted by molar-refractivity contribution is -0.119. The van der Waals surface area contributed by atoms with Gasteiger partial charge in [-0.05, 0) is 37.0 Å². The van der Waals surface area contributed by atoms with E-state index in [9.17, 15) is 0 Å². The highest BCUT2D eigenvalue weighted by Gasteiger charge is 2.52. The van der Waals surface area contributed by atoms with Crippen LogP contribution in [-0.4, -0.2) is 11.5 Å². The molecule has 0 aliphatic heterocycles. The largest absolute Gasteiger partial charge is 0.373 e. The minimum atomic E-state index is 0.167. The van der Waals surface area contributed by atoms with Gasteiger partial charge in [-0.3, -0.25) is 0 Å². The maximum Gasteiger partial charge on any atom is 0.0721 e. The third-order valence-electron chi connectivity index (χ3n) is 4.34. The predicted octanol–water partition coefficient (Wildman–Crippen LogP) is 5.04. The van der Waals surface area contributed by atoms with Gasteiger partial charge in [0.1, 0.15) is 0 Å². The van der Waals surface area contributed by atoms with Crippen LogP contribution in [0.4, 0.5) is 0 Å². The zero-order chi connectivity index (χ0) is 13.2. The monoisotopic (exact) mass is 286 g/mol. The molecule has 3 heteroatoms. The van der Waals surface area contributed by atoms with E-state index in [0.29, 0.717) is 6.61 Å². The maximum absolute atomic E-state index is 6.37. The quantitative estimate of drug-likeness (QED) is 0.689. The van der Waals surface area contributed by atoms with Crippen molar-refractivity contribution < 1.29 is 4.74 Å². The first kappa shape index (κ1) is 14.2. The molecule has 1 aliphatic carbocycles. The van der Waals surface area contributed by atoms with E-state index >= 15 is 0 Å². The normalized spacial score (nSPS) is 25.8. The molecule has 0 N–H and O–H groups in total. The number of hydrogen-bond donors (Lipinski definition) is 0. The number of rotatable bonds is 5. The molecule has 0 heterocycles. The Morgan fingerprint density at radius 3 is 2.61 bits per heavy atom. The molecule has 100 valence electrons. The molecule has 1 aliphatic rings. The molecule has 2 rings (SSSR count). The molecule has 2 unspecified atom stereocenters. The first-order chi connectivity index (χ1) is 8.62. The Labute approximate surface area is 119 Å². The SMILES string of the molecule is CCC1(CC)C(Cl)CC1OCc1cccc(Cl)c1. The standard InChI is InChI=1S/C15H20Cl2O/c1-3-15(4-2)13(17)9-14(15)18-10-11-6-5-7-12(16)8-11/h5-8,13-14H,3-4,9-10H2,1-2H3. The summed E-state index contributed by atoms with van der Waals surface area (Å²) >= 11 is 12.3. The van der Waals surface area contributed by atoms with E-state index < -0.39 is 0 Å². The fraction of sp³-hybridized carbons (Fsp3) is 0.600. The van der Waals surface area contributed by atoms with Crippen molar-refractivity contribution in [1.29, 1.82) is 0 Å². The van der Waals surface area contributed by atoms with Gasteiger partial charge in [-0.2, -0.15) is 0 Å². The summed E-state index contributed by atoms with van der Waals surface area (Å²) in [5.41, 5.74) is 1.29. The van der Waals surface area contributed by atoms with E-state index in [0.717, 1.165) is 29.8 Å². The van der Waals surface area contributed by atoms with Crippen LogP contribution in [0.25, 0.3) is 0 Å². The lowest BCUT2D eigenvalue weighted by Gasteiger charge is -2.52. The van der Waals surface area contributed by atoms with Gasteiger partial charge in [0.2, 0.25) is 0 Å². The van der Waals surface area contributed by atoms with Crippen molar-refractivity contribution in [2.75, 3.05) is 0 Å². The molecule has 0 bridgehead atoms. The van der Waals surface area contributed by atoms with Crippen molar-refractivity contribution in [3.63, 3.8) is 0 Å². The highest BCUT2D eigenvalue weighted by Crippen LogP contribution is 2.52. The minimum absolute atomic E-state index is 0.167. The van der Waals surface area contributed by atoms with Crippen LogP contribution in [-0.2, 0) is 11.3 Å². The molecule has 0 saturated heterocycles. The number of hydrogen-bond acceptors (Lipinski definition) is 1. The Balaban J connectivity index is 1.95. The van der Waals surface area contributed by atoms with Crippen LogP contribution in [0.2, 0.25) is 5.02 Å². The summed E-state index contributed by atoms with van der Waals surface area (Å²) in [6.07, 6.45) is 3.41. The molecular weight excluding hydrogens is 267 g/mol. The Hall–Kier alpha value is -0.240. The average Bonchev–Trinajstić information content (AvgIpc) is 2.36. The number of benzene rings is 1. The molecule has 2 atom stereocenters. The Kier molecular flexibility index (Phi) is 4.58. The van der Waals surface area contributed by atoms with E-state index in [1.165, 1.54) is 0 Å². The molecule has 0 amide bonds. The van der Waals surface area contributed by atoms with Crippen LogP contribution >= 0.6 is 23.2 Å². The molecule has 0 spiro atoms. The second-order valence-electron chi connectivity index (χ2n) is 5.07. The highest BCUT2D eigenvalue weighted by atomic mass is 35.5. The Morgan fingerprint density at radius 2 is 2.06 bits per heavy atom. The summed E-state index contributed by atoms with van der Waals surface area (Å²) in [5.74, 6) is 0. The maximum atomic E-state index is 6.37. The van der Waals surface area contributed by atoms with E-state index in [-0.39, 0.29) is 16.9 Å². The second kappa shape index (κ2) is 5.81. The van der Waals surface area contributed by atoms with Crippen molar-refractivity contribution >= 4 is 23.2 Å². The summed E-state index contributed by atoms with van der Waals surface area (Å²) in [6, 6.07) is 7.84. The Morgan fingerprint density at radius 1 is 1.33 bits per heavy atom. The second-order valence-corrected chi connectivity index (χ2v) is 6.04. The zero-order valence-electron chi connectivity index (χ0n) is 11.0. The summed E-state index contributed by atoms with van der Waals surface area (Å²) in [6.45, 7) is 5.03.